The number of imide groups is 1. The molecule has 1 aromatic carbocycles. The lowest BCUT2D eigenvalue weighted by atomic mass is 9.60. The van der Waals surface area contributed by atoms with Gasteiger partial charge >= 0.3 is 0 Å². The number of aliphatic hydroxyl groups is 1. The van der Waals surface area contributed by atoms with E-state index in [1.807, 2.05) is 36.4 Å². The monoisotopic (exact) mass is 547 g/mol. The quantitative estimate of drug-likeness (QED) is 0.355. The lowest BCUT2D eigenvalue weighted by molar-refractivity contribution is -0.140. The third-order valence-electron chi connectivity index (χ3n) is 7.73. The standard InChI is InChI=1S/C28H22BrNO6/c29-20-11-21(32)24-19(26(20)33)10-18-16(25(24)22-9-6-15(13-31)36-22)7-8-17-23(18)28(35)30(27(17)34)12-14-4-2-1-3-5-14/h1-7,9,11,17-18,23,25,31H,8,10,12-13H2. The number of benzene rings is 1. The minimum atomic E-state index is -0.653. The van der Waals surface area contributed by atoms with Crippen molar-refractivity contribution in [2.24, 2.45) is 17.8 Å². The van der Waals surface area contributed by atoms with Crippen molar-refractivity contribution in [1.82, 2.24) is 4.90 Å². The number of Topliss-reactive ketones (excluding diaryl/α,β-unsaturated/α-hetero) is 1. The number of fused-ring (bicyclic) bond motifs is 3. The molecule has 7 nitrogen and oxygen atoms in total. The Bertz CT molecular complexity index is 1410. The number of amides is 2. The lowest BCUT2D eigenvalue weighted by Crippen LogP contribution is -2.39. The van der Waals surface area contributed by atoms with Crippen LogP contribution >= 0.6 is 15.9 Å². The number of carbonyl (C=O) groups excluding carboxylic acids is 4. The number of furan rings is 1. The van der Waals surface area contributed by atoms with Crippen LogP contribution in [0.1, 0.15) is 35.8 Å². The van der Waals surface area contributed by atoms with Gasteiger partial charge in [-0.15, -0.1) is 0 Å². The molecule has 0 radical (unpaired) electrons. The van der Waals surface area contributed by atoms with Gasteiger partial charge in [-0.25, -0.2) is 0 Å². The third kappa shape index (κ3) is 3.43. The van der Waals surface area contributed by atoms with Gasteiger partial charge in [0.2, 0.25) is 11.8 Å². The maximum absolute atomic E-state index is 13.7. The molecule has 6 rings (SSSR count). The Morgan fingerprint density at radius 2 is 1.78 bits per heavy atom. The minimum Gasteiger partial charge on any atom is -0.463 e. The molecule has 4 aliphatic rings. The molecule has 4 unspecified atom stereocenters. The second kappa shape index (κ2) is 8.64. The summed E-state index contributed by atoms with van der Waals surface area (Å²) in [5.41, 5.74) is 2.39. The molecule has 2 aromatic rings. The van der Waals surface area contributed by atoms with Crippen LogP contribution in [0.15, 0.2) is 80.2 Å². The van der Waals surface area contributed by atoms with Crippen molar-refractivity contribution in [2.45, 2.75) is 31.9 Å². The zero-order valence-corrected chi connectivity index (χ0v) is 20.7. The Balaban J connectivity index is 1.43. The van der Waals surface area contributed by atoms with Crippen LogP contribution in [-0.4, -0.2) is 33.4 Å². The summed E-state index contributed by atoms with van der Waals surface area (Å²) in [5, 5.41) is 9.54. The number of halogens is 1. The summed E-state index contributed by atoms with van der Waals surface area (Å²) in [6.45, 7) is -0.0970. The average molecular weight is 548 g/mol. The molecule has 3 aliphatic carbocycles. The molecule has 0 spiro atoms. The molecule has 1 fully saturated rings. The number of allylic oxidation sites excluding steroid dienone is 6. The van der Waals surface area contributed by atoms with E-state index >= 15 is 0 Å². The molecule has 0 saturated carbocycles. The van der Waals surface area contributed by atoms with Gasteiger partial charge in [-0.3, -0.25) is 24.1 Å². The van der Waals surface area contributed by atoms with Gasteiger partial charge in [0.05, 0.1) is 28.8 Å². The Hall–Kier alpha value is -3.36. The van der Waals surface area contributed by atoms with Gasteiger partial charge in [0.15, 0.2) is 11.6 Å². The first kappa shape index (κ1) is 23.1. The molecule has 1 N–H and O–H groups in total. The van der Waals surface area contributed by atoms with E-state index in [4.69, 9.17) is 4.42 Å². The van der Waals surface area contributed by atoms with Crippen LogP contribution < -0.4 is 0 Å². The molecule has 8 heteroatoms. The fourth-order valence-electron chi connectivity index (χ4n) is 6.16. The highest BCUT2D eigenvalue weighted by molar-refractivity contribution is 9.12. The zero-order chi connectivity index (χ0) is 25.1. The number of likely N-dealkylation sites (tertiary alicyclic amines) is 1. The Kier molecular flexibility index (Phi) is 5.53. The van der Waals surface area contributed by atoms with Crippen molar-refractivity contribution in [2.75, 3.05) is 0 Å². The molecule has 4 atom stereocenters. The van der Waals surface area contributed by atoms with Crippen molar-refractivity contribution in [3.8, 4) is 0 Å². The number of ketones is 2. The molecule has 1 aliphatic heterocycles. The number of hydrogen-bond donors (Lipinski definition) is 1. The highest BCUT2D eigenvalue weighted by Crippen LogP contribution is 2.55. The summed E-state index contributed by atoms with van der Waals surface area (Å²) in [6.07, 6.45) is 3.81. The van der Waals surface area contributed by atoms with E-state index in [-0.39, 0.29) is 47.4 Å². The van der Waals surface area contributed by atoms with Crippen LogP contribution in [0.3, 0.4) is 0 Å². The van der Waals surface area contributed by atoms with E-state index in [1.54, 1.807) is 12.1 Å². The topological polar surface area (TPSA) is 105 Å². The largest absolute Gasteiger partial charge is 0.463 e. The number of rotatable bonds is 4. The van der Waals surface area contributed by atoms with E-state index in [1.165, 1.54) is 11.0 Å². The SMILES string of the molecule is O=C1C=C(Br)C(=O)C2=C1C(c1ccc(CO)o1)C1=CCC3C(=O)N(Cc4ccccc4)C(=O)C3C1C2. The molecule has 2 heterocycles. The fourth-order valence-corrected chi connectivity index (χ4v) is 6.60. The molecule has 36 heavy (non-hydrogen) atoms. The lowest BCUT2D eigenvalue weighted by Gasteiger charge is -2.41. The highest BCUT2D eigenvalue weighted by Gasteiger charge is 2.56. The summed E-state index contributed by atoms with van der Waals surface area (Å²) in [4.78, 5) is 54.7. The Morgan fingerprint density at radius 3 is 2.50 bits per heavy atom. The molecule has 1 saturated heterocycles. The van der Waals surface area contributed by atoms with Crippen molar-refractivity contribution in [3.05, 3.63) is 92.9 Å². The van der Waals surface area contributed by atoms with Gasteiger partial charge in [-0.05, 0) is 52.4 Å². The van der Waals surface area contributed by atoms with Crippen LogP contribution in [0.25, 0.3) is 0 Å². The van der Waals surface area contributed by atoms with Crippen LogP contribution in [0.4, 0.5) is 0 Å². The van der Waals surface area contributed by atoms with Crippen LogP contribution in [0, 0.1) is 17.8 Å². The number of carbonyl (C=O) groups is 4. The van der Waals surface area contributed by atoms with E-state index in [0.717, 1.165) is 11.1 Å². The molecule has 1 aromatic heterocycles. The first-order valence-corrected chi connectivity index (χ1v) is 12.7. The maximum atomic E-state index is 13.7. The number of nitrogens with zero attached hydrogens (tertiary/aromatic N) is 1. The van der Waals surface area contributed by atoms with E-state index in [0.29, 0.717) is 29.1 Å². The molecule has 182 valence electrons. The zero-order valence-electron chi connectivity index (χ0n) is 19.1. The maximum Gasteiger partial charge on any atom is 0.234 e. The molecule has 0 bridgehead atoms. The van der Waals surface area contributed by atoms with Gasteiger partial charge in [0.1, 0.15) is 18.1 Å². The smallest absolute Gasteiger partial charge is 0.234 e. The second-order valence-corrected chi connectivity index (χ2v) is 10.5. The molecule has 2 amide bonds. The van der Waals surface area contributed by atoms with E-state index in [9.17, 15) is 24.3 Å². The van der Waals surface area contributed by atoms with Gasteiger partial charge in [0, 0.05) is 17.2 Å². The third-order valence-corrected chi connectivity index (χ3v) is 8.32. The Labute approximate surface area is 215 Å². The second-order valence-electron chi connectivity index (χ2n) is 9.60. The summed E-state index contributed by atoms with van der Waals surface area (Å²) in [5.74, 6) is -2.43. The average Bonchev–Trinajstić information content (AvgIpc) is 3.45. The molecular weight excluding hydrogens is 526 g/mol. The first-order valence-electron chi connectivity index (χ1n) is 11.9. The number of hydrogen-bond acceptors (Lipinski definition) is 6. The van der Waals surface area contributed by atoms with Crippen molar-refractivity contribution in [3.63, 3.8) is 0 Å². The summed E-state index contributed by atoms with van der Waals surface area (Å²) < 4.78 is 6.04. The Morgan fingerprint density at radius 1 is 1.00 bits per heavy atom. The van der Waals surface area contributed by atoms with E-state index in [2.05, 4.69) is 15.9 Å². The van der Waals surface area contributed by atoms with Gasteiger partial charge in [-0.1, -0.05) is 42.0 Å². The van der Waals surface area contributed by atoms with E-state index < -0.39 is 23.7 Å². The highest BCUT2D eigenvalue weighted by atomic mass is 79.9. The summed E-state index contributed by atoms with van der Waals surface area (Å²) in [7, 11) is 0. The summed E-state index contributed by atoms with van der Waals surface area (Å²) in [6, 6.07) is 12.7. The fraction of sp³-hybridized carbons (Fsp3) is 0.286. The van der Waals surface area contributed by atoms with Crippen LogP contribution in [-0.2, 0) is 32.3 Å². The summed E-state index contributed by atoms with van der Waals surface area (Å²) >= 11 is 3.22. The number of aliphatic hydroxyl groups excluding tert-OH is 1. The molecular formula is C28H22BrNO6. The predicted octanol–water partition coefficient (Wildman–Crippen LogP) is 3.73. The van der Waals surface area contributed by atoms with Gasteiger partial charge in [-0.2, -0.15) is 0 Å². The van der Waals surface area contributed by atoms with Crippen molar-refractivity contribution in [1.29, 1.82) is 0 Å². The van der Waals surface area contributed by atoms with Crippen molar-refractivity contribution < 1.29 is 28.7 Å². The predicted molar refractivity (Wildman–Crippen MR) is 131 cm³/mol. The van der Waals surface area contributed by atoms with Gasteiger partial charge < -0.3 is 9.52 Å². The van der Waals surface area contributed by atoms with Crippen LogP contribution in [0.2, 0.25) is 0 Å². The van der Waals surface area contributed by atoms with Gasteiger partial charge in [0.25, 0.3) is 0 Å². The van der Waals surface area contributed by atoms with Crippen molar-refractivity contribution >= 4 is 39.3 Å². The minimum absolute atomic E-state index is 0.180. The normalized spacial score (nSPS) is 27.6. The van der Waals surface area contributed by atoms with Crippen LogP contribution in [0.5, 0.6) is 0 Å². The first-order chi connectivity index (χ1) is 17.4.